The molecular formula is C16H17N3O3S. The number of amides is 2. The van der Waals surface area contributed by atoms with Crippen molar-refractivity contribution in [2.24, 2.45) is 5.92 Å². The zero-order valence-electron chi connectivity index (χ0n) is 12.4. The summed E-state index contributed by atoms with van der Waals surface area (Å²) in [5, 5.41) is 16.0. The molecule has 0 spiro atoms. The lowest BCUT2D eigenvalue weighted by atomic mass is 9.95. The summed E-state index contributed by atoms with van der Waals surface area (Å²) in [6.45, 7) is 1.11. The average Bonchev–Trinajstić information content (AvgIpc) is 3.11. The number of hydrogen-bond acceptors (Lipinski definition) is 5. The van der Waals surface area contributed by atoms with Gasteiger partial charge >= 0.3 is 0 Å². The Morgan fingerprint density at radius 2 is 2.09 bits per heavy atom. The fourth-order valence-corrected chi connectivity index (χ4v) is 3.26. The van der Waals surface area contributed by atoms with Gasteiger partial charge in [-0.15, -0.1) is 0 Å². The maximum Gasteiger partial charge on any atom is 0.254 e. The Kier molecular flexibility index (Phi) is 4.57. The van der Waals surface area contributed by atoms with Gasteiger partial charge in [0.05, 0.1) is 5.56 Å². The first kappa shape index (κ1) is 15.5. The molecule has 7 heteroatoms. The summed E-state index contributed by atoms with van der Waals surface area (Å²) in [5.74, 6) is -0.197. The molecule has 2 N–H and O–H groups in total. The van der Waals surface area contributed by atoms with Crippen molar-refractivity contribution in [3.8, 4) is 5.75 Å². The van der Waals surface area contributed by atoms with Crippen molar-refractivity contribution in [3.05, 3.63) is 40.7 Å². The van der Waals surface area contributed by atoms with E-state index >= 15 is 0 Å². The highest BCUT2D eigenvalue weighted by Gasteiger charge is 2.28. The predicted octanol–water partition coefficient (Wildman–Crippen LogP) is 2.34. The number of pyridine rings is 1. The van der Waals surface area contributed by atoms with Crippen LogP contribution in [0.5, 0.6) is 5.75 Å². The van der Waals surface area contributed by atoms with Crippen molar-refractivity contribution in [3.63, 3.8) is 0 Å². The molecule has 3 heterocycles. The fourth-order valence-electron chi connectivity index (χ4n) is 2.63. The molecule has 0 aromatic carbocycles. The molecule has 1 aliphatic heterocycles. The van der Waals surface area contributed by atoms with Crippen LogP contribution < -0.4 is 5.32 Å². The van der Waals surface area contributed by atoms with Gasteiger partial charge in [-0.25, -0.2) is 4.98 Å². The van der Waals surface area contributed by atoms with Gasteiger partial charge in [-0.05, 0) is 36.4 Å². The lowest BCUT2D eigenvalue weighted by Crippen LogP contribution is -2.41. The number of carbonyl (C=O) groups excluding carboxylic acids is 2. The molecule has 23 heavy (non-hydrogen) atoms. The molecule has 0 unspecified atom stereocenters. The molecule has 1 aliphatic rings. The summed E-state index contributed by atoms with van der Waals surface area (Å²) in [5.41, 5.74) is 0.705. The van der Waals surface area contributed by atoms with E-state index in [1.807, 2.05) is 16.8 Å². The van der Waals surface area contributed by atoms with Crippen LogP contribution in [0.2, 0.25) is 0 Å². The van der Waals surface area contributed by atoms with Crippen LogP contribution in [0, 0.1) is 5.92 Å². The van der Waals surface area contributed by atoms with E-state index in [1.54, 1.807) is 11.0 Å². The van der Waals surface area contributed by atoms with Crippen LogP contribution in [-0.2, 0) is 4.79 Å². The van der Waals surface area contributed by atoms with Crippen molar-refractivity contribution in [1.82, 2.24) is 9.88 Å². The highest BCUT2D eigenvalue weighted by molar-refractivity contribution is 7.08. The van der Waals surface area contributed by atoms with Crippen LogP contribution >= 0.6 is 11.3 Å². The molecule has 0 saturated carbocycles. The lowest BCUT2D eigenvalue weighted by molar-refractivity contribution is -0.121. The highest BCUT2D eigenvalue weighted by atomic mass is 32.1. The molecule has 0 bridgehead atoms. The molecule has 0 aliphatic carbocycles. The number of anilines is 1. The van der Waals surface area contributed by atoms with E-state index in [1.165, 1.54) is 23.6 Å². The SMILES string of the molecule is O=C(Nc1ncccc1O)C1CCN(C(=O)c2ccsc2)CC1. The normalized spacial score (nSPS) is 15.4. The number of likely N-dealkylation sites (tertiary alicyclic amines) is 1. The third-order valence-electron chi connectivity index (χ3n) is 3.95. The van der Waals surface area contributed by atoms with Gasteiger partial charge in [0.15, 0.2) is 11.6 Å². The molecule has 0 radical (unpaired) electrons. The maximum atomic E-state index is 12.3. The molecule has 6 nitrogen and oxygen atoms in total. The van der Waals surface area contributed by atoms with E-state index in [-0.39, 0.29) is 29.3 Å². The highest BCUT2D eigenvalue weighted by Crippen LogP contribution is 2.23. The van der Waals surface area contributed by atoms with E-state index < -0.39 is 0 Å². The number of thiophene rings is 1. The standard InChI is InChI=1S/C16H17N3O3S/c20-13-2-1-6-17-14(13)18-15(21)11-3-7-19(8-4-11)16(22)12-5-9-23-10-12/h1-2,5-6,9-11,20H,3-4,7-8H2,(H,17,18,21). The number of aromatic hydroxyl groups is 1. The number of carbonyl (C=O) groups is 2. The van der Waals surface area contributed by atoms with Crippen LogP contribution in [-0.4, -0.2) is 39.9 Å². The number of rotatable bonds is 3. The molecule has 3 rings (SSSR count). The molecule has 1 fully saturated rings. The van der Waals surface area contributed by atoms with Crippen molar-refractivity contribution < 1.29 is 14.7 Å². The molecule has 120 valence electrons. The molecule has 2 aromatic heterocycles. The van der Waals surface area contributed by atoms with Crippen molar-refractivity contribution >= 4 is 29.0 Å². The molecule has 2 aromatic rings. The summed E-state index contributed by atoms with van der Waals surface area (Å²) in [4.78, 5) is 30.2. The number of hydrogen-bond donors (Lipinski definition) is 2. The number of piperidine rings is 1. The fraction of sp³-hybridized carbons (Fsp3) is 0.312. The van der Waals surface area contributed by atoms with Gasteiger partial charge in [0.25, 0.3) is 5.91 Å². The summed E-state index contributed by atoms with van der Waals surface area (Å²) in [6, 6.07) is 4.89. The third kappa shape index (κ3) is 3.50. The minimum Gasteiger partial charge on any atom is -0.504 e. The Balaban J connectivity index is 1.55. The van der Waals surface area contributed by atoms with Crippen LogP contribution in [0.15, 0.2) is 35.2 Å². The van der Waals surface area contributed by atoms with Gasteiger partial charge in [0, 0.05) is 30.6 Å². The molecule has 0 atom stereocenters. The summed E-state index contributed by atoms with van der Waals surface area (Å²) < 4.78 is 0. The van der Waals surface area contributed by atoms with Crippen LogP contribution in [0.25, 0.3) is 0 Å². The number of nitrogens with one attached hydrogen (secondary N) is 1. The number of aromatic nitrogens is 1. The zero-order valence-corrected chi connectivity index (χ0v) is 13.3. The average molecular weight is 331 g/mol. The van der Waals surface area contributed by atoms with Crippen LogP contribution in [0.4, 0.5) is 5.82 Å². The van der Waals surface area contributed by atoms with Gasteiger partial charge in [-0.3, -0.25) is 9.59 Å². The van der Waals surface area contributed by atoms with Crippen molar-refractivity contribution in [2.45, 2.75) is 12.8 Å². The summed E-state index contributed by atoms with van der Waals surface area (Å²) in [6.07, 6.45) is 2.72. The van der Waals surface area contributed by atoms with E-state index in [9.17, 15) is 14.7 Å². The Hall–Kier alpha value is -2.41. The first-order chi connectivity index (χ1) is 11.1. The molecular weight excluding hydrogens is 314 g/mol. The molecule has 2 amide bonds. The Morgan fingerprint density at radius 3 is 2.74 bits per heavy atom. The maximum absolute atomic E-state index is 12.3. The smallest absolute Gasteiger partial charge is 0.254 e. The van der Waals surface area contributed by atoms with Gasteiger partial charge in [-0.2, -0.15) is 11.3 Å². The van der Waals surface area contributed by atoms with E-state index in [0.717, 1.165) is 0 Å². The third-order valence-corrected chi connectivity index (χ3v) is 4.63. The first-order valence-electron chi connectivity index (χ1n) is 7.41. The van der Waals surface area contributed by atoms with Crippen LogP contribution in [0.1, 0.15) is 23.2 Å². The zero-order chi connectivity index (χ0) is 16.2. The first-order valence-corrected chi connectivity index (χ1v) is 8.36. The largest absolute Gasteiger partial charge is 0.504 e. The second kappa shape index (κ2) is 6.78. The van der Waals surface area contributed by atoms with Gasteiger partial charge < -0.3 is 15.3 Å². The minimum absolute atomic E-state index is 0.0208. The Morgan fingerprint density at radius 1 is 1.30 bits per heavy atom. The predicted molar refractivity (Wildman–Crippen MR) is 87.5 cm³/mol. The van der Waals surface area contributed by atoms with Gasteiger partial charge in [0.1, 0.15) is 0 Å². The summed E-state index contributed by atoms with van der Waals surface area (Å²) in [7, 11) is 0. The van der Waals surface area contributed by atoms with Crippen LogP contribution in [0.3, 0.4) is 0 Å². The minimum atomic E-state index is -0.178. The Labute approximate surface area is 137 Å². The van der Waals surface area contributed by atoms with E-state index in [4.69, 9.17) is 0 Å². The van der Waals surface area contributed by atoms with Crippen molar-refractivity contribution in [1.29, 1.82) is 0 Å². The second-order valence-electron chi connectivity index (χ2n) is 5.44. The Bertz CT molecular complexity index is 694. The van der Waals surface area contributed by atoms with E-state index in [0.29, 0.717) is 31.5 Å². The summed E-state index contributed by atoms with van der Waals surface area (Å²) >= 11 is 1.50. The molecule has 1 saturated heterocycles. The number of nitrogens with zero attached hydrogens (tertiary/aromatic N) is 2. The monoisotopic (exact) mass is 331 g/mol. The quantitative estimate of drug-likeness (QED) is 0.904. The second-order valence-corrected chi connectivity index (χ2v) is 6.22. The van der Waals surface area contributed by atoms with E-state index in [2.05, 4.69) is 10.3 Å². The van der Waals surface area contributed by atoms with Gasteiger partial charge in [-0.1, -0.05) is 0 Å². The lowest BCUT2D eigenvalue weighted by Gasteiger charge is -2.31. The van der Waals surface area contributed by atoms with Crippen molar-refractivity contribution in [2.75, 3.05) is 18.4 Å². The topological polar surface area (TPSA) is 82.5 Å². The van der Waals surface area contributed by atoms with Gasteiger partial charge in [0.2, 0.25) is 5.91 Å².